The van der Waals surface area contributed by atoms with E-state index in [0.29, 0.717) is 12.7 Å². The maximum Gasteiger partial charge on any atom is 0.261 e. The van der Waals surface area contributed by atoms with Gasteiger partial charge in [0.2, 0.25) is 11.8 Å². The van der Waals surface area contributed by atoms with Crippen LogP contribution in [-0.4, -0.2) is 41.7 Å². The summed E-state index contributed by atoms with van der Waals surface area (Å²) in [6.07, 6.45) is 4.75. The van der Waals surface area contributed by atoms with Crippen LogP contribution in [0.3, 0.4) is 0 Å². The molecule has 2 fully saturated rings. The molecule has 8 heteroatoms. The van der Waals surface area contributed by atoms with Gasteiger partial charge in [-0.05, 0) is 12.3 Å². The Balaban J connectivity index is 0.000000209. The number of hydrogen-bond donors (Lipinski definition) is 3. The van der Waals surface area contributed by atoms with Crippen LogP contribution < -0.4 is 5.32 Å². The van der Waals surface area contributed by atoms with Gasteiger partial charge in [-0.15, -0.1) is 0 Å². The molecule has 1 aliphatic heterocycles. The quantitative estimate of drug-likeness (QED) is 0.287. The number of nitrogens with one attached hydrogen (secondary N) is 1. The SMILES string of the molecule is CS(=O)(=O)O.O=C1NC(=O)C2C1C1C=CC2(O)C1. The minimum absolute atomic E-state index is 0.0569. The molecule has 0 aromatic rings. The molecule has 2 bridgehead atoms. The van der Waals surface area contributed by atoms with Crippen molar-refractivity contribution in [3.63, 3.8) is 0 Å². The normalized spacial score (nSPS) is 40.3. The Morgan fingerprint density at radius 2 is 1.94 bits per heavy atom. The Hall–Kier alpha value is -1.25. The van der Waals surface area contributed by atoms with Crippen molar-refractivity contribution in [3.8, 4) is 0 Å². The van der Waals surface area contributed by atoms with Crippen LogP contribution in [0.15, 0.2) is 12.2 Å². The molecule has 2 amide bonds. The Bertz CT molecular complexity index is 531. The van der Waals surface area contributed by atoms with Crippen molar-refractivity contribution in [2.75, 3.05) is 6.26 Å². The predicted octanol–water partition coefficient (Wildman–Crippen LogP) is -1.30. The molecule has 1 saturated heterocycles. The van der Waals surface area contributed by atoms with E-state index in [4.69, 9.17) is 4.55 Å². The summed E-state index contributed by atoms with van der Waals surface area (Å²) >= 11 is 0. The molecule has 7 nitrogen and oxygen atoms in total. The molecular formula is C10H13NO6S. The number of carbonyl (C=O) groups is 2. The summed E-state index contributed by atoms with van der Waals surface area (Å²) in [6.45, 7) is 0. The third kappa shape index (κ3) is 2.18. The van der Waals surface area contributed by atoms with Gasteiger partial charge in [0.15, 0.2) is 0 Å². The number of fused-ring (bicyclic) bond motifs is 5. The number of carbonyl (C=O) groups excluding carboxylic acids is 2. The van der Waals surface area contributed by atoms with Crippen LogP contribution in [0.25, 0.3) is 0 Å². The highest BCUT2D eigenvalue weighted by molar-refractivity contribution is 7.85. The zero-order chi connectivity index (χ0) is 13.7. The van der Waals surface area contributed by atoms with Gasteiger partial charge in [0, 0.05) is 0 Å². The van der Waals surface area contributed by atoms with E-state index in [2.05, 4.69) is 5.32 Å². The van der Waals surface area contributed by atoms with Gasteiger partial charge in [-0.25, -0.2) is 0 Å². The largest absolute Gasteiger partial charge is 0.385 e. The maximum absolute atomic E-state index is 11.3. The monoisotopic (exact) mass is 275 g/mol. The summed E-state index contributed by atoms with van der Waals surface area (Å²) in [5.74, 6) is -1.33. The van der Waals surface area contributed by atoms with Crippen LogP contribution in [0.5, 0.6) is 0 Å². The van der Waals surface area contributed by atoms with Crippen molar-refractivity contribution in [1.82, 2.24) is 5.32 Å². The van der Waals surface area contributed by atoms with Crippen LogP contribution in [0, 0.1) is 17.8 Å². The summed E-state index contributed by atoms with van der Waals surface area (Å²) < 4.78 is 25.9. The summed E-state index contributed by atoms with van der Waals surface area (Å²) in [6, 6.07) is 0. The summed E-state index contributed by atoms with van der Waals surface area (Å²) in [5.41, 5.74) is -1.05. The first-order chi connectivity index (χ1) is 8.12. The predicted molar refractivity (Wildman–Crippen MR) is 59.8 cm³/mol. The standard InChI is InChI=1S/C9H9NO3.CH4O3S/c11-7-5-4-1-2-9(13,3-4)6(5)8(12)10-7;1-5(2,3)4/h1-2,4-6,13H,3H2,(H,10,11,12);1H3,(H,2,3,4). The Kier molecular flexibility index (Phi) is 2.84. The Labute approximate surface area is 104 Å². The minimum atomic E-state index is -3.67. The van der Waals surface area contributed by atoms with Crippen molar-refractivity contribution < 1.29 is 27.7 Å². The van der Waals surface area contributed by atoms with E-state index in [-0.39, 0.29) is 23.7 Å². The zero-order valence-electron chi connectivity index (χ0n) is 9.53. The smallest absolute Gasteiger partial charge is 0.261 e. The van der Waals surface area contributed by atoms with Crippen molar-refractivity contribution in [2.24, 2.45) is 17.8 Å². The molecule has 100 valence electrons. The molecule has 2 aliphatic carbocycles. The van der Waals surface area contributed by atoms with Crippen LogP contribution in [0.1, 0.15) is 6.42 Å². The molecule has 18 heavy (non-hydrogen) atoms. The van der Waals surface area contributed by atoms with E-state index in [1.54, 1.807) is 6.08 Å². The van der Waals surface area contributed by atoms with Gasteiger partial charge in [-0.2, -0.15) is 8.42 Å². The fourth-order valence-electron chi connectivity index (χ4n) is 2.86. The van der Waals surface area contributed by atoms with Crippen molar-refractivity contribution >= 4 is 21.9 Å². The summed E-state index contributed by atoms with van der Waals surface area (Å²) in [4.78, 5) is 22.7. The van der Waals surface area contributed by atoms with Crippen molar-refractivity contribution in [3.05, 3.63) is 12.2 Å². The van der Waals surface area contributed by atoms with Gasteiger partial charge in [0.25, 0.3) is 10.1 Å². The van der Waals surface area contributed by atoms with E-state index < -0.39 is 21.6 Å². The minimum Gasteiger partial charge on any atom is -0.385 e. The van der Waals surface area contributed by atoms with Gasteiger partial charge in [0.05, 0.1) is 23.7 Å². The molecule has 3 N–H and O–H groups in total. The second-order valence-electron chi connectivity index (χ2n) is 4.81. The van der Waals surface area contributed by atoms with Crippen LogP contribution in [-0.2, 0) is 19.7 Å². The molecule has 4 atom stereocenters. The lowest BCUT2D eigenvalue weighted by Crippen LogP contribution is -2.37. The number of allylic oxidation sites excluding steroid dienone is 1. The summed E-state index contributed by atoms with van der Waals surface area (Å²) in [7, 11) is -3.67. The Morgan fingerprint density at radius 3 is 2.44 bits per heavy atom. The van der Waals surface area contributed by atoms with Crippen LogP contribution in [0.2, 0.25) is 0 Å². The molecular weight excluding hydrogens is 262 g/mol. The second kappa shape index (κ2) is 3.87. The molecule has 4 unspecified atom stereocenters. The fourth-order valence-corrected chi connectivity index (χ4v) is 2.86. The third-order valence-corrected chi connectivity index (χ3v) is 3.39. The highest BCUT2D eigenvalue weighted by Crippen LogP contribution is 2.52. The van der Waals surface area contributed by atoms with Gasteiger partial charge in [-0.3, -0.25) is 19.5 Å². The molecule has 3 rings (SSSR count). The third-order valence-electron chi connectivity index (χ3n) is 3.39. The number of aliphatic hydroxyl groups is 1. The molecule has 1 saturated carbocycles. The first kappa shape index (κ1) is 13.2. The van der Waals surface area contributed by atoms with E-state index in [1.165, 1.54) is 0 Å². The molecule has 0 spiro atoms. The lowest BCUT2D eigenvalue weighted by molar-refractivity contribution is -0.128. The molecule has 0 aromatic carbocycles. The molecule has 0 radical (unpaired) electrons. The topological polar surface area (TPSA) is 121 Å². The fraction of sp³-hybridized carbons (Fsp3) is 0.600. The first-order valence-corrected chi connectivity index (χ1v) is 7.15. The van der Waals surface area contributed by atoms with Crippen LogP contribution >= 0.6 is 0 Å². The van der Waals surface area contributed by atoms with Crippen molar-refractivity contribution in [1.29, 1.82) is 0 Å². The van der Waals surface area contributed by atoms with E-state index >= 15 is 0 Å². The average Bonchev–Trinajstić information content (AvgIpc) is 2.74. The Morgan fingerprint density at radius 1 is 1.39 bits per heavy atom. The number of rotatable bonds is 0. The van der Waals surface area contributed by atoms with E-state index in [0.717, 1.165) is 0 Å². The molecule has 3 aliphatic rings. The lowest BCUT2D eigenvalue weighted by Gasteiger charge is -2.23. The zero-order valence-corrected chi connectivity index (χ0v) is 10.3. The van der Waals surface area contributed by atoms with E-state index in [9.17, 15) is 23.1 Å². The van der Waals surface area contributed by atoms with Gasteiger partial charge in [0.1, 0.15) is 0 Å². The number of imide groups is 1. The molecule has 1 heterocycles. The van der Waals surface area contributed by atoms with Gasteiger partial charge < -0.3 is 5.11 Å². The van der Waals surface area contributed by atoms with Crippen molar-refractivity contribution in [2.45, 2.75) is 12.0 Å². The van der Waals surface area contributed by atoms with Crippen LogP contribution in [0.4, 0.5) is 0 Å². The maximum atomic E-state index is 11.3. The lowest BCUT2D eigenvalue weighted by atomic mass is 9.83. The number of amides is 2. The van der Waals surface area contributed by atoms with Gasteiger partial charge in [-0.1, -0.05) is 12.2 Å². The number of hydrogen-bond acceptors (Lipinski definition) is 5. The first-order valence-electron chi connectivity index (χ1n) is 5.31. The average molecular weight is 275 g/mol. The summed E-state index contributed by atoms with van der Waals surface area (Å²) in [5, 5.41) is 12.3. The molecule has 0 aromatic heterocycles. The van der Waals surface area contributed by atoms with E-state index in [1.807, 2.05) is 6.08 Å². The second-order valence-corrected chi connectivity index (χ2v) is 6.27. The van der Waals surface area contributed by atoms with Gasteiger partial charge >= 0.3 is 0 Å². The highest BCUT2D eigenvalue weighted by Gasteiger charge is 2.63. The highest BCUT2D eigenvalue weighted by atomic mass is 32.2.